The first-order valence-corrected chi connectivity index (χ1v) is 9.29. The summed E-state index contributed by atoms with van der Waals surface area (Å²) in [5, 5.41) is 0. The van der Waals surface area contributed by atoms with E-state index in [-0.39, 0.29) is 5.79 Å². The molecule has 24 heavy (non-hydrogen) atoms. The van der Waals surface area contributed by atoms with Gasteiger partial charge in [-0.3, -0.25) is 0 Å². The van der Waals surface area contributed by atoms with Gasteiger partial charge < -0.3 is 19.3 Å². The van der Waals surface area contributed by atoms with E-state index in [1.807, 2.05) is 0 Å². The van der Waals surface area contributed by atoms with Crippen molar-refractivity contribution in [2.45, 2.75) is 52.2 Å². The van der Waals surface area contributed by atoms with E-state index in [9.17, 15) is 0 Å². The molecule has 0 bridgehead atoms. The van der Waals surface area contributed by atoms with Crippen molar-refractivity contribution >= 4 is 11.8 Å². The van der Waals surface area contributed by atoms with E-state index in [4.69, 9.17) is 14.5 Å². The molecule has 3 rings (SSSR count). The Kier molecular flexibility index (Phi) is 5.56. The Balaban J connectivity index is 1.74. The van der Waals surface area contributed by atoms with Crippen molar-refractivity contribution in [1.29, 1.82) is 0 Å². The van der Waals surface area contributed by atoms with Gasteiger partial charge in [-0.25, -0.2) is 4.98 Å². The molecule has 0 aromatic carbocycles. The summed E-state index contributed by atoms with van der Waals surface area (Å²) < 4.78 is 11.7. The van der Waals surface area contributed by atoms with E-state index < -0.39 is 0 Å². The minimum atomic E-state index is -0.335. The van der Waals surface area contributed by atoms with Crippen LogP contribution in [0.3, 0.4) is 0 Å². The first kappa shape index (κ1) is 17.4. The number of aryl methyl sites for hydroxylation is 1. The lowest BCUT2D eigenvalue weighted by Crippen LogP contribution is -2.45. The highest BCUT2D eigenvalue weighted by molar-refractivity contribution is 5.46. The third-order valence-corrected chi connectivity index (χ3v) is 4.76. The van der Waals surface area contributed by atoms with Gasteiger partial charge in [0.2, 0.25) is 5.95 Å². The normalized spacial score (nSPS) is 19.9. The van der Waals surface area contributed by atoms with Crippen LogP contribution in [0.2, 0.25) is 0 Å². The van der Waals surface area contributed by atoms with Crippen LogP contribution in [0.25, 0.3) is 0 Å². The zero-order valence-electron chi connectivity index (χ0n) is 15.3. The van der Waals surface area contributed by atoms with Gasteiger partial charge in [-0.05, 0) is 19.8 Å². The van der Waals surface area contributed by atoms with Crippen molar-refractivity contribution < 1.29 is 9.47 Å². The van der Waals surface area contributed by atoms with Crippen LogP contribution in [-0.2, 0) is 9.47 Å². The van der Waals surface area contributed by atoms with Gasteiger partial charge in [-0.1, -0.05) is 13.8 Å². The first-order chi connectivity index (χ1) is 11.7. The molecule has 1 spiro atoms. The van der Waals surface area contributed by atoms with E-state index in [0.29, 0.717) is 0 Å². The van der Waals surface area contributed by atoms with Gasteiger partial charge >= 0.3 is 0 Å². The maximum absolute atomic E-state index is 5.83. The van der Waals surface area contributed by atoms with E-state index >= 15 is 0 Å². The van der Waals surface area contributed by atoms with Crippen LogP contribution in [0, 0.1) is 6.92 Å². The van der Waals surface area contributed by atoms with Crippen LogP contribution in [-0.4, -0.2) is 55.1 Å². The molecule has 6 nitrogen and oxygen atoms in total. The Morgan fingerprint density at radius 2 is 1.71 bits per heavy atom. The molecule has 0 aliphatic carbocycles. The predicted octanol–water partition coefficient (Wildman–Crippen LogP) is 2.75. The fourth-order valence-electron chi connectivity index (χ4n) is 3.55. The van der Waals surface area contributed by atoms with Crippen LogP contribution in [0.15, 0.2) is 6.07 Å². The number of aromatic nitrogens is 2. The summed E-state index contributed by atoms with van der Waals surface area (Å²) in [6.07, 6.45) is 4.01. The Bertz CT molecular complexity index is 530. The molecule has 3 heterocycles. The summed E-state index contributed by atoms with van der Waals surface area (Å²) in [7, 11) is 0. The quantitative estimate of drug-likeness (QED) is 0.797. The second kappa shape index (κ2) is 7.66. The molecule has 0 N–H and O–H groups in total. The van der Waals surface area contributed by atoms with Crippen LogP contribution < -0.4 is 9.80 Å². The monoisotopic (exact) mass is 334 g/mol. The topological polar surface area (TPSA) is 50.7 Å². The van der Waals surface area contributed by atoms with Gasteiger partial charge in [0.15, 0.2) is 5.79 Å². The number of hydrogen-bond donors (Lipinski definition) is 0. The smallest absolute Gasteiger partial charge is 0.227 e. The van der Waals surface area contributed by atoms with Gasteiger partial charge in [-0.2, -0.15) is 4.98 Å². The molecule has 134 valence electrons. The average Bonchev–Trinajstić information content (AvgIpc) is 3.03. The number of anilines is 2. The first-order valence-electron chi connectivity index (χ1n) is 9.29. The molecule has 0 radical (unpaired) electrons. The van der Waals surface area contributed by atoms with Crippen molar-refractivity contribution in [1.82, 2.24) is 9.97 Å². The van der Waals surface area contributed by atoms with Gasteiger partial charge in [0, 0.05) is 50.8 Å². The highest BCUT2D eigenvalue weighted by Gasteiger charge is 2.40. The van der Waals surface area contributed by atoms with E-state index in [1.54, 1.807) is 0 Å². The number of nitrogens with zero attached hydrogens (tertiary/aromatic N) is 4. The van der Waals surface area contributed by atoms with Crippen molar-refractivity contribution in [2.24, 2.45) is 0 Å². The van der Waals surface area contributed by atoms with Gasteiger partial charge in [0.05, 0.1) is 13.2 Å². The Morgan fingerprint density at radius 3 is 2.29 bits per heavy atom. The molecule has 0 saturated carbocycles. The summed E-state index contributed by atoms with van der Waals surface area (Å²) in [5.74, 6) is 1.56. The second-order valence-electron chi connectivity index (χ2n) is 6.75. The second-order valence-corrected chi connectivity index (χ2v) is 6.75. The zero-order valence-corrected chi connectivity index (χ0v) is 15.3. The average molecular weight is 334 g/mol. The predicted molar refractivity (Wildman–Crippen MR) is 95.6 cm³/mol. The molecule has 2 fully saturated rings. The highest BCUT2D eigenvalue weighted by Crippen LogP contribution is 2.33. The van der Waals surface area contributed by atoms with Gasteiger partial charge in [0.25, 0.3) is 0 Å². The minimum absolute atomic E-state index is 0.335. The van der Waals surface area contributed by atoms with Crippen LogP contribution in [0.5, 0.6) is 0 Å². The molecule has 1 aromatic rings. The molecule has 0 atom stereocenters. The van der Waals surface area contributed by atoms with Crippen molar-refractivity contribution in [3.05, 3.63) is 11.8 Å². The van der Waals surface area contributed by atoms with Crippen molar-refractivity contribution in [3.8, 4) is 0 Å². The third-order valence-electron chi connectivity index (χ3n) is 4.76. The summed E-state index contributed by atoms with van der Waals surface area (Å²) in [5.41, 5.74) is 1.03. The summed E-state index contributed by atoms with van der Waals surface area (Å²) >= 11 is 0. The SMILES string of the molecule is CCCN(CCC)c1nc(C)cc(N2CCC3(CC2)OCCO3)n1. The molecular weight excluding hydrogens is 304 g/mol. The lowest BCUT2D eigenvalue weighted by atomic mass is 10.0. The van der Waals surface area contributed by atoms with Gasteiger partial charge in [-0.15, -0.1) is 0 Å². The maximum atomic E-state index is 5.83. The fourth-order valence-corrected chi connectivity index (χ4v) is 3.55. The van der Waals surface area contributed by atoms with E-state index in [0.717, 1.165) is 82.5 Å². The maximum Gasteiger partial charge on any atom is 0.227 e. The molecule has 6 heteroatoms. The molecule has 2 saturated heterocycles. The zero-order chi connectivity index (χ0) is 17.0. The van der Waals surface area contributed by atoms with E-state index in [1.165, 1.54) is 0 Å². The lowest BCUT2D eigenvalue weighted by molar-refractivity contribution is -0.169. The lowest BCUT2D eigenvalue weighted by Gasteiger charge is -2.38. The molecule has 0 amide bonds. The Labute approximate surface area is 145 Å². The number of ether oxygens (including phenoxy) is 2. The highest BCUT2D eigenvalue weighted by atomic mass is 16.7. The number of piperidine rings is 1. The largest absolute Gasteiger partial charge is 0.356 e. The minimum Gasteiger partial charge on any atom is -0.356 e. The van der Waals surface area contributed by atoms with Crippen molar-refractivity contribution in [3.63, 3.8) is 0 Å². The molecule has 1 aromatic heterocycles. The number of rotatable bonds is 6. The Hall–Kier alpha value is -1.40. The van der Waals surface area contributed by atoms with Crippen LogP contribution >= 0.6 is 0 Å². The fraction of sp³-hybridized carbons (Fsp3) is 0.778. The molecule has 2 aliphatic heterocycles. The van der Waals surface area contributed by atoms with Crippen molar-refractivity contribution in [2.75, 3.05) is 49.2 Å². The Morgan fingerprint density at radius 1 is 1.08 bits per heavy atom. The van der Waals surface area contributed by atoms with Crippen LogP contribution in [0.4, 0.5) is 11.8 Å². The molecule has 2 aliphatic rings. The summed E-state index contributed by atoms with van der Waals surface area (Å²) in [6.45, 7) is 11.7. The summed E-state index contributed by atoms with van der Waals surface area (Å²) in [6, 6.07) is 2.09. The standard InChI is InChI=1S/C18H30N4O2/c1-4-8-22(9-5-2)17-19-15(3)14-16(20-17)21-10-6-18(7-11-21)23-12-13-24-18/h14H,4-13H2,1-3H3. The third kappa shape index (κ3) is 3.81. The molecule has 0 unspecified atom stereocenters. The summed E-state index contributed by atoms with van der Waals surface area (Å²) in [4.78, 5) is 14.2. The number of hydrogen-bond acceptors (Lipinski definition) is 6. The molecular formula is C18H30N4O2. The van der Waals surface area contributed by atoms with Crippen LogP contribution in [0.1, 0.15) is 45.2 Å². The van der Waals surface area contributed by atoms with E-state index in [2.05, 4.69) is 41.6 Å². The van der Waals surface area contributed by atoms with Gasteiger partial charge in [0.1, 0.15) is 5.82 Å².